The van der Waals surface area contributed by atoms with Gasteiger partial charge < -0.3 is 10.0 Å². The first kappa shape index (κ1) is 8.04. The zero-order chi connectivity index (χ0) is 8.10. The molecule has 0 aromatic heterocycles. The molecule has 4 heteroatoms. The van der Waals surface area contributed by atoms with Gasteiger partial charge in [0.15, 0.2) is 0 Å². The molecule has 0 aromatic rings. The van der Waals surface area contributed by atoms with Crippen LogP contribution in [0.4, 0.5) is 0 Å². The summed E-state index contributed by atoms with van der Waals surface area (Å²) < 4.78 is 0. The minimum Gasteiger partial charge on any atom is -0.481 e. The molecule has 0 unspecified atom stereocenters. The molecule has 11 heavy (non-hydrogen) atoms. The number of nitrogens with zero attached hydrogens (tertiary/aromatic N) is 2. The molecule has 0 saturated heterocycles. The average molecular weight is 156 g/mol. The Labute approximate surface area is 65.5 Å². The minimum absolute atomic E-state index is 0.254. The molecular weight excluding hydrogens is 144 g/mol. The Bertz CT molecular complexity index is 168. The van der Waals surface area contributed by atoms with E-state index in [9.17, 15) is 4.79 Å². The molecule has 4 nitrogen and oxygen atoms in total. The summed E-state index contributed by atoms with van der Waals surface area (Å²) >= 11 is 0. The molecule has 0 aromatic carbocycles. The summed E-state index contributed by atoms with van der Waals surface area (Å²) in [6.07, 6.45) is 2.76. The highest BCUT2D eigenvalue weighted by Gasteiger charge is 2.05. The molecule has 0 aliphatic carbocycles. The molecule has 0 saturated carbocycles. The first-order valence-corrected chi connectivity index (χ1v) is 3.75. The fourth-order valence-electron chi connectivity index (χ4n) is 1.02. The first-order valence-electron chi connectivity index (χ1n) is 3.75. The summed E-state index contributed by atoms with van der Waals surface area (Å²) in [5, 5.41) is 8.34. The van der Waals surface area contributed by atoms with E-state index in [4.69, 9.17) is 5.11 Å². The zero-order valence-corrected chi connectivity index (χ0v) is 6.36. The van der Waals surface area contributed by atoms with Gasteiger partial charge in [0, 0.05) is 19.5 Å². The lowest BCUT2D eigenvalue weighted by Gasteiger charge is -2.11. The number of carboxylic acids is 1. The molecule has 62 valence electrons. The molecule has 1 heterocycles. The van der Waals surface area contributed by atoms with Crippen LogP contribution in [0.5, 0.6) is 0 Å². The summed E-state index contributed by atoms with van der Waals surface area (Å²) in [5.74, 6) is -0.721. The highest BCUT2D eigenvalue weighted by Crippen LogP contribution is 1.97. The Morgan fingerprint density at radius 1 is 1.73 bits per heavy atom. The van der Waals surface area contributed by atoms with Gasteiger partial charge in [-0.25, -0.2) is 0 Å². The summed E-state index contributed by atoms with van der Waals surface area (Å²) in [4.78, 5) is 16.2. The Balaban J connectivity index is 2.03. The quantitative estimate of drug-likeness (QED) is 0.632. The van der Waals surface area contributed by atoms with Gasteiger partial charge in [0.2, 0.25) is 0 Å². The lowest BCUT2D eigenvalue weighted by atomic mass is 10.3. The molecule has 0 bridgehead atoms. The SMILES string of the molecule is O=C(O)CCCN1C=NCC1. The fraction of sp³-hybridized carbons (Fsp3) is 0.714. The number of carboxylic acid groups (broad SMARTS) is 1. The van der Waals surface area contributed by atoms with Crippen LogP contribution < -0.4 is 0 Å². The van der Waals surface area contributed by atoms with Crippen molar-refractivity contribution in [2.75, 3.05) is 19.6 Å². The van der Waals surface area contributed by atoms with Crippen LogP contribution in [0.25, 0.3) is 0 Å². The van der Waals surface area contributed by atoms with Crippen molar-refractivity contribution in [3.05, 3.63) is 0 Å². The maximum atomic E-state index is 10.1. The van der Waals surface area contributed by atoms with E-state index in [-0.39, 0.29) is 6.42 Å². The van der Waals surface area contributed by atoms with Gasteiger partial charge in [0.25, 0.3) is 0 Å². The highest BCUT2D eigenvalue weighted by molar-refractivity contribution is 5.66. The minimum atomic E-state index is -0.721. The van der Waals surface area contributed by atoms with Gasteiger partial charge in [-0.05, 0) is 6.42 Å². The van der Waals surface area contributed by atoms with Crippen LogP contribution in [0.15, 0.2) is 4.99 Å². The van der Waals surface area contributed by atoms with E-state index >= 15 is 0 Å². The third kappa shape index (κ3) is 3.02. The summed E-state index contributed by atoms with van der Waals surface area (Å²) in [5.41, 5.74) is 0. The third-order valence-electron chi connectivity index (χ3n) is 1.60. The molecule has 0 spiro atoms. The van der Waals surface area contributed by atoms with Crippen molar-refractivity contribution >= 4 is 12.3 Å². The number of rotatable bonds is 4. The molecule has 0 fully saturated rings. The van der Waals surface area contributed by atoms with Gasteiger partial charge >= 0.3 is 5.97 Å². The molecule has 0 atom stereocenters. The molecule has 1 N–H and O–H groups in total. The maximum Gasteiger partial charge on any atom is 0.303 e. The van der Waals surface area contributed by atoms with E-state index in [1.807, 2.05) is 4.90 Å². The van der Waals surface area contributed by atoms with E-state index in [1.165, 1.54) is 0 Å². The summed E-state index contributed by atoms with van der Waals surface area (Å²) in [7, 11) is 0. The van der Waals surface area contributed by atoms with Gasteiger partial charge in [0.05, 0.1) is 12.9 Å². The van der Waals surface area contributed by atoms with Gasteiger partial charge in [0.1, 0.15) is 0 Å². The number of hydrogen-bond donors (Lipinski definition) is 1. The molecule has 1 aliphatic heterocycles. The van der Waals surface area contributed by atoms with Crippen LogP contribution >= 0.6 is 0 Å². The van der Waals surface area contributed by atoms with Crippen LogP contribution in [0.3, 0.4) is 0 Å². The molecule has 0 radical (unpaired) electrons. The van der Waals surface area contributed by atoms with Crippen molar-refractivity contribution < 1.29 is 9.90 Å². The number of carbonyl (C=O) groups is 1. The van der Waals surface area contributed by atoms with Crippen LogP contribution in [-0.2, 0) is 4.79 Å². The second-order valence-electron chi connectivity index (χ2n) is 2.55. The van der Waals surface area contributed by atoms with Crippen LogP contribution in [0.2, 0.25) is 0 Å². The third-order valence-corrected chi connectivity index (χ3v) is 1.60. The number of aliphatic carboxylic acids is 1. The van der Waals surface area contributed by atoms with Crippen LogP contribution in [0, 0.1) is 0 Å². The Hall–Kier alpha value is -1.06. The second kappa shape index (κ2) is 3.95. The van der Waals surface area contributed by atoms with Crippen LogP contribution in [-0.4, -0.2) is 41.9 Å². The van der Waals surface area contributed by atoms with Gasteiger partial charge in [-0.2, -0.15) is 0 Å². The van der Waals surface area contributed by atoms with Gasteiger partial charge in [-0.3, -0.25) is 9.79 Å². The average Bonchev–Trinajstić information content (AvgIpc) is 2.39. The van der Waals surface area contributed by atoms with E-state index < -0.39 is 5.97 Å². The number of aliphatic imine (C=N–C) groups is 1. The monoisotopic (exact) mass is 156 g/mol. The molecular formula is C7H12N2O2. The topological polar surface area (TPSA) is 52.9 Å². The smallest absolute Gasteiger partial charge is 0.303 e. The molecule has 1 aliphatic rings. The first-order chi connectivity index (χ1) is 5.29. The predicted molar refractivity (Wildman–Crippen MR) is 41.8 cm³/mol. The van der Waals surface area contributed by atoms with E-state index in [2.05, 4.69) is 4.99 Å². The Morgan fingerprint density at radius 3 is 3.09 bits per heavy atom. The summed E-state index contributed by atoms with van der Waals surface area (Å²) in [6.45, 7) is 2.61. The van der Waals surface area contributed by atoms with Crippen molar-refractivity contribution in [3.63, 3.8) is 0 Å². The van der Waals surface area contributed by atoms with Crippen molar-refractivity contribution in [3.8, 4) is 0 Å². The largest absolute Gasteiger partial charge is 0.481 e. The van der Waals surface area contributed by atoms with Gasteiger partial charge in [-0.15, -0.1) is 0 Å². The Kier molecular flexibility index (Phi) is 2.89. The molecule has 0 amide bonds. The normalized spacial score (nSPS) is 15.8. The lowest BCUT2D eigenvalue weighted by Crippen LogP contribution is -2.21. The summed E-state index contributed by atoms with van der Waals surface area (Å²) in [6, 6.07) is 0. The van der Waals surface area contributed by atoms with Crippen molar-refractivity contribution in [1.29, 1.82) is 0 Å². The maximum absolute atomic E-state index is 10.1. The van der Waals surface area contributed by atoms with Gasteiger partial charge in [-0.1, -0.05) is 0 Å². The van der Waals surface area contributed by atoms with Crippen molar-refractivity contribution in [2.45, 2.75) is 12.8 Å². The molecule has 1 rings (SSSR count). The predicted octanol–water partition coefficient (Wildman–Crippen LogP) is 0.195. The highest BCUT2D eigenvalue weighted by atomic mass is 16.4. The van der Waals surface area contributed by atoms with Crippen molar-refractivity contribution in [2.24, 2.45) is 4.99 Å². The van der Waals surface area contributed by atoms with E-state index in [1.54, 1.807) is 6.34 Å². The lowest BCUT2D eigenvalue weighted by molar-refractivity contribution is -0.137. The number of hydrogen-bond acceptors (Lipinski definition) is 3. The Morgan fingerprint density at radius 2 is 2.55 bits per heavy atom. The zero-order valence-electron chi connectivity index (χ0n) is 6.36. The fourth-order valence-corrected chi connectivity index (χ4v) is 1.02. The van der Waals surface area contributed by atoms with Crippen LogP contribution in [0.1, 0.15) is 12.8 Å². The van der Waals surface area contributed by atoms with Crippen molar-refractivity contribution in [1.82, 2.24) is 4.90 Å². The van der Waals surface area contributed by atoms with E-state index in [0.717, 1.165) is 19.6 Å². The second-order valence-corrected chi connectivity index (χ2v) is 2.55. The standard InChI is InChI=1S/C7H12N2O2/c10-7(11)2-1-4-9-5-3-8-6-9/h6H,1-5H2,(H,10,11). The van der Waals surface area contributed by atoms with E-state index in [0.29, 0.717) is 6.42 Å².